The summed E-state index contributed by atoms with van der Waals surface area (Å²) in [5, 5.41) is 10.4. The second-order valence-electron chi connectivity index (χ2n) is 5.71. The van der Waals surface area contributed by atoms with E-state index in [1.54, 1.807) is 0 Å². The third-order valence-corrected chi connectivity index (χ3v) is 3.94. The maximum absolute atomic E-state index is 10.4. The van der Waals surface area contributed by atoms with Crippen molar-refractivity contribution in [3.63, 3.8) is 0 Å². The first-order chi connectivity index (χ1) is 7.68. The second kappa shape index (κ2) is 5.48. The molecule has 2 aliphatic rings. The Morgan fingerprint density at radius 3 is 2.69 bits per heavy atom. The molecule has 2 fully saturated rings. The highest BCUT2D eigenvalue weighted by Crippen LogP contribution is 2.28. The Morgan fingerprint density at radius 2 is 2.06 bits per heavy atom. The molecule has 3 nitrogen and oxygen atoms in total. The van der Waals surface area contributed by atoms with Crippen molar-refractivity contribution >= 4 is 0 Å². The van der Waals surface area contributed by atoms with E-state index < -0.39 is 5.60 Å². The Labute approximate surface area is 98.8 Å². The molecule has 1 aliphatic carbocycles. The van der Waals surface area contributed by atoms with Crippen LogP contribution in [-0.4, -0.2) is 49.0 Å². The van der Waals surface area contributed by atoms with E-state index in [9.17, 15) is 5.11 Å². The number of aliphatic hydroxyl groups is 1. The Bertz CT molecular complexity index is 208. The molecule has 1 saturated carbocycles. The SMILES string of the molecule is CN(CC1CCOC1)CC1(O)CCCCC1. The Hall–Kier alpha value is -0.120. The van der Waals surface area contributed by atoms with Gasteiger partial charge >= 0.3 is 0 Å². The van der Waals surface area contributed by atoms with Crippen LogP contribution in [0.2, 0.25) is 0 Å². The van der Waals surface area contributed by atoms with Gasteiger partial charge in [0.25, 0.3) is 0 Å². The van der Waals surface area contributed by atoms with E-state index in [1.165, 1.54) is 25.7 Å². The molecular weight excluding hydrogens is 202 g/mol. The molecule has 0 spiro atoms. The summed E-state index contributed by atoms with van der Waals surface area (Å²) in [6.45, 7) is 3.73. The van der Waals surface area contributed by atoms with Gasteiger partial charge in [0.2, 0.25) is 0 Å². The van der Waals surface area contributed by atoms with Gasteiger partial charge in [0, 0.05) is 19.7 Å². The maximum Gasteiger partial charge on any atom is 0.0774 e. The van der Waals surface area contributed by atoms with Crippen molar-refractivity contribution in [2.45, 2.75) is 44.1 Å². The van der Waals surface area contributed by atoms with E-state index in [1.807, 2.05) is 0 Å². The van der Waals surface area contributed by atoms with Crippen molar-refractivity contribution < 1.29 is 9.84 Å². The van der Waals surface area contributed by atoms with Crippen molar-refractivity contribution in [2.75, 3.05) is 33.4 Å². The largest absolute Gasteiger partial charge is 0.389 e. The van der Waals surface area contributed by atoms with Crippen LogP contribution in [0.25, 0.3) is 0 Å². The lowest BCUT2D eigenvalue weighted by molar-refractivity contribution is -0.0235. The highest BCUT2D eigenvalue weighted by molar-refractivity contribution is 4.85. The van der Waals surface area contributed by atoms with Crippen LogP contribution in [0.5, 0.6) is 0 Å². The minimum atomic E-state index is -0.410. The molecule has 0 amide bonds. The summed E-state index contributed by atoms with van der Waals surface area (Å²) in [5.41, 5.74) is -0.410. The average molecular weight is 227 g/mol. The molecule has 1 aliphatic heterocycles. The number of rotatable bonds is 4. The molecule has 0 bridgehead atoms. The van der Waals surface area contributed by atoms with Crippen molar-refractivity contribution in [1.82, 2.24) is 4.90 Å². The fourth-order valence-corrected chi connectivity index (χ4v) is 3.10. The Balaban J connectivity index is 1.74. The van der Waals surface area contributed by atoms with Crippen LogP contribution in [0.15, 0.2) is 0 Å². The molecule has 0 aromatic carbocycles. The second-order valence-corrected chi connectivity index (χ2v) is 5.71. The number of ether oxygens (including phenoxy) is 1. The molecule has 1 saturated heterocycles. The van der Waals surface area contributed by atoms with Crippen LogP contribution >= 0.6 is 0 Å². The summed E-state index contributed by atoms with van der Waals surface area (Å²) in [5.74, 6) is 0.678. The Morgan fingerprint density at radius 1 is 1.31 bits per heavy atom. The molecule has 0 radical (unpaired) electrons. The lowest BCUT2D eigenvalue weighted by Crippen LogP contribution is -2.44. The van der Waals surface area contributed by atoms with Crippen LogP contribution in [0, 0.1) is 5.92 Å². The first kappa shape index (κ1) is 12.3. The summed E-state index contributed by atoms with van der Waals surface area (Å²) in [6.07, 6.45) is 6.83. The van der Waals surface area contributed by atoms with Crippen LogP contribution in [-0.2, 0) is 4.74 Å². The third kappa shape index (κ3) is 3.44. The molecule has 1 N–H and O–H groups in total. The van der Waals surface area contributed by atoms with Gasteiger partial charge in [-0.2, -0.15) is 0 Å². The molecule has 1 unspecified atom stereocenters. The van der Waals surface area contributed by atoms with Crippen molar-refractivity contribution in [2.24, 2.45) is 5.92 Å². The summed E-state index contributed by atoms with van der Waals surface area (Å²) < 4.78 is 5.38. The first-order valence-corrected chi connectivity index (χ1v) is 6.67. The zero-order chi connectivity index (χ0) is 11.4. The summed E-state index contributed by atoms with van der Waals surface area (Å²) in [6, 6.07) is 0. The first-order valence-electron chi connectivity index (χ1n) is 6.67. The van der Waals surface area contributed by atoms with E-state index in [2.05, 4.69) is 11.9 Å². The number of hydrogen-bond acceptors (Lipinski definition) is 3. The number of likely N-dealkylation sites (N-methyl/N-ethyl adjacent to an activating group) is 1. The van der Waals surface area contributed by atoms with Gasteiger partial charge in [-0.1, -0.05) is 19.3 Å². The molecule has 0 aromatic heterocycles. The third-order valence-electron chi connectivity index (χ3n) is 3.94. The van der Waals surface area contributed by atoms with Gasteiger partial charge in [-0.3, -0.25) is 0 Å². The van der Waals surface area contributed by atoms with Crippen molar-refractivity contribution in [3.05, 3.63) is 0 Å². The van der Waals surface area contributed by atoms with Crippen LogP contribution in [0.4, 0.5) is 0 Å². The number of hydrogen-bond donors (Lipinski definition) is 1. The van der Waals surface area contributed by atoms with E-state index in [-0.39, 0.29) is 0 Å². The topological polar surface area (TPSA) is 32.7 Å². The average Bonchev–Trinajstić information content (AvgIpc) is 2.70. The lowest BCUT2D eigenvalue weighted by Gasteiger charge is -2.36. The van der Waals surface area contributed by atoms with E-state index in [4.69, 9.17) is 4.74 Å². The minimum Gasteiger partial charge on any atom is -0.389 e. The fourth-order valence-electron chi connectivity index (χ4n) is 3.10. The maximum atomic E-state index is 10.4. The van der Waals surface area contributed by atoms with E-state index in [0.29, 0.717) is 5.92 Å². The molecule has 1 atom stereocenters. The predicted molar refractivity (Wildman–Crippen MR) is 64.5 cm³/mol. The zero-order valence-electron chi connectivity index (χ0n) is 10.5. The van der Waals surface area contributed by atoms with Gasteiger partial charge in [0.15, 0.2) is 0 Å². The van der Waals surface area contributed by atoms with Gasteiger partial charge in [-0.15, -0.1) is 0 Å². The van der Waals surface area contributed by atoms with Crippen molar-refractivity contribution in [1.29, 1.82) is 0 Å². The minimum absolute atomic E-state index is 0.410. The standard InChI is InChI=1S/C13H25NO2/c1-14(9-12-5-8-16-10-12)11-13(15)6-3-2-4-7-13/h12,15H,2-11H2,1H3. The zero-order valence-corrected chi connectivity index (χ0v) is 10.5. The predicted octanol–water partition coefficient (Wildman–Crippen LogP) is 1.65. The van der Waals surface area contributed by atoms with Crippen LogP contribution in [0.3, 0.4) is 0 Å². The highest BCUT2D eigenvalue weighted by Gasteiger charge is 2.31. The van der Waals surface area contributed by atoms with E-state index >= 15 is 0 Å². The molecule has 2 rings (SSSR count). The monoisotopic (exact) mass is 227 g/mol. The molecule has 3 heteroatoms. The Kier molecular flexibility index (Phi) is 4.22. The lowest BCUT2D eigenvalue weighted by atomic mass is 9.84. The van der Waals surface area contributed by atoms with Gasteiger partial charge in [0.1, 0.15) is 0 Å². The van der Waals surface area contributed by atoms with Crippen LogP contribution < -0.4 is 0 Å². The smallest absolute Gasteiger partial charge is 0.0774 e. The molecule has 94 valence electrons. The fraction of sp³-hybridized carbons (Fsp3) is 1.00. The van der Waals surface area contributed by atoms with Crippen LogP contribution in [0.1, 0.15) is 38.5 Å². The summed E-state index contributed by atoms with van der Waals surface area (Å²) >= 11 is 0. The van der Waals surface area contributed by atoms with Gasteiger partial charge in [-0.25, -0.2) is 0 Å². The number of nitrogens with zero attached hydrogens (tertiary/aromatic N) is 1. The molecule has 1 heterocycles. The molecule has 0 aromatic rings. The quantitative estimate of drug-likeness (QED) is 0.792. The molecular formula is C13H25NO2. The normalized spacial score (nSPS) is 29.8. The van der Waals surface area contributed by atoms with Gasteiger partial charge < -0.3 is 14.7 Å². The summed E-state index contributed by atoms with van der Waals surface area (Å²) in [7, 11) is 2.13. The summed E-state index contributed by atoms with van der Waals surface area (Å²) in [4.78, 5) is 2.30. The van der Waals surface area contributed by atoms with Gasteiger partial charge in [-0.05, 0) is 32.2 Å². The van der Waals surface area contributed by atoms with Gasteiger partial charge in [0.05, 0.1) is 12.2 Å². The van der Waals surface area contributed by atoms with Crippen molar-refractivity contribution in [3.8, 4) is 0 Å². The van der Waals surface area contributed by atoms with E-state index in [0.717, 1.165) is 39.1 Å². The molecule has 16 heavy (non-hydrogen) atoms. The highest BCUT2D eigenvalue weighted by atomic mass is 16.5.